The van der Waals surface area contributed by atoms with Gasteiger partial charge in [0.05, 0.1) is 11.6 Å². The summed E-state index contributed by atoms with van der Waals surface area (Å²) in [5.74, 6) is 0. The first kappa shape index (κ1) is 11.4. The molecule has 0 bridgehead atoms. The van der Waals surface area contributed by atoms with Crippen molar-refractivity contribution < 1.29 is 0 Å². The van der Waals surface area contributed by atoms with Crippen LogP contribution in [0.2, 0.25) is 0 Å². The first-order valence-electron chi connectivity index (χ1n) is 5.58. The predicted molar refractivity (Wildman–Crippen MR) is 67.3 cm³/mol. The van der Waals surface area contributed by atoms with Crippen LogP contribution in [0, 0.1) is 18.3 Å². The number of nitriles is 1. The minimum Gasteiger partial charge on any atom is -0.346 e. The Bertz CT molecular complexity index is 561. The molecule has 3 nitrogen and oxygen atoms in total. The van der Waals surface area contributed by atoms with Crippen LogP contribution in [0.5, 0.6) is 0 Å². The van der Waals surface area contributed by atoms with E-state index in [0.29, 0.717) is 12.1 Å². The molecule has 17 heavy (non-hydrogen) atoms. The van der Waals surface area contributed by atoms with Crippen molar-refractivity contribution >= 4 is 0 Å². The van der Waals surface area contributed by atoms with Gasteiger partial charge in [0.15, 0.2) is 0 Å². The molecule has 2 N–H and O–H groups in total. The van der Waals surface area contributed by atoms with Gasteiger partial charge in [0.1, 0.15) is 0 Å². The number of aryl methyl sites for hydroxylation is 1. The van der Waals surface area contributed by atoms with Crippen molar-refractivity contribution in [3.8, 4) is 6.07 Å². The Balaban J connectivity index is 2.28. The third-order valence-electron chi connectivity index (χ3n) is 2.95. The number of benzene rings is 1. The molecule has 0 radical (unpaired) electrons. The fourth-order valence-electron chi connectivity index (χ4n) is 1.92. The third kappa shape index (κ3) is 2.38. The molecule has 86 valence electrons. The first-order valence-corrected chi connectivity index (χ1v) is 5.58. The van der Waals surface area contributed by atoms with E-state index >= 15 is 0 Å². The SMILES string of the molecule is Cc1cc(C#N)ccc1Cn1cccc1CN. The number of hydrogen-bond donors (Lipinski definition) is 1. The highest BCUT2D eigenvalue weighted by Gasteiger charge is 2.03. The van der Waals surface area contributed by atoms with Crippen LogP contribution in [0.25, 0.3) is 0 Å². The second kappa shape index (κ2) is 4.86. The second-order valence-electron chi connectivity index (χ2n) is 4.08. The van der Waals surface area contributed by atoms with Crippen molar-refractivity contribution in [2.24, 2.45) is 5.73 Å². The average molecular weight is 225 g/mol. The van der Waals surface area contributed by atoms with E-state index in [1.54, 1.807) is 0 Å². The number of hydrogen-bond acceptors (Lipinski definition) is 2. The molecule has 3 heteroatoms. The summed E-state index contributed by atoms with van der Waals surface area (Å²) in [6.07, 6.45) is 2.03. The summed E-state index contributed by atoms with van der Waals surface area (Å²) in [6.45, 7) is 3.38. The molecule has 0 aliphatic rings. The van der Waals surface area contributed by atoms with Crippen LogP contribution < -0.4 is 5.73 Å². The van der Waals surface area contributed by atoms with Gasteiger partial charge in [0.25, 0.3) is 0 Å². The number of rotatable bonds is 3. The largest absolute Gasteiger partial charge is 0.346 e. The van der Waals surface area contributed by atoms with Gasteiger partial charge in [-0.1, -0.05) is 6.07 Å². The maximum atomic E-state index is 8.82. The highest BCUT2D eigenvalue weighted by molar-refractivity contribution is 5.37. The minimum absolute atomic E-state index is 0.544. The second-order valence-corrected chi connectivity index (χ2v) is 4.08. The van der Waals surface area contributed by atoms with Crippen LogP contribution in [0.3, 0.4) is 0 Å². The summed E-state index contributed by atoms with van der Waals surface area (Å²) in [5, 5.41) is 8.82. The zero-order valence-electron chi connectivity index (χ0n) is 9.85. The van der Waals surface area contributed by atoms with E-state index in [4.69, 9.17) is 11.0 Å². The van der Waals surface area contributed by atoms with Crippen molar-refractivity contribution in [1.29, 1.82) is 5.26 Å². The van der Waals surface area contributed by atoms with Crippen LogP contribution in [0.4, 0.5) is 0 Å². The highest BCUT2D eigenvalue weighted by Crippen LogP contribution is 2.13. The molecule has 1 heterocycles. The van der Waals surface area contributed by atoms with Gasteiger partial charge in [0.2, 0.25) is 0 Å². The van der Waals surface area contributed by atoms with Gasteiger partial charge in [0, 0.05) is 25.0 Å². The molecule has 2 rings (SSSR count). The molecule has 0 aliphatic heterocycles. The van der Waals surface area contributed by atoms with Crippen molar-refractivity contribution in [2.45, 2.75) is 20.0 Å². The lowest BCUT2D eigenvalue weighted by atomic mass is 10.1. The lowest BCUT2D eigenvalue weighted by Crippen LogP contribution is -2.08. The van der Waals surface area contributed by atoms with Gasteiger partial charge in [-0.2, -0.15) is 5.26 Å². The van der Waals surface area contributed by atoms with Crippen molar-refractivity contribution in [1.82, 2.24) is 4.57 Å². The molecule has 0 amide bonds. The molecule has 0 spiro atoms. The van der Waals surface area contributed by atoms with Crippen molar-refractivity contribution in [3.63, 3.8) is 0 Å². The molecule has 1 aromatic carbocycles. The Kier molecular flexibility index (Phi) is 3.27. The summed E-state index contributed by atoms with van der Waals surface area (Å²) >= 11 is 0. The van der Waals surface area contributed by atoms with E-state index in [1.165, 1.54) is 5.56 Å². The fourth-order valence-corrected chi connectivity index (χ4v) is 1.92. The molecular weight excluding hydrogens is 210 g/mol. The van der Waals surface area contributed by atoms with Crippen LogP contribution in [-0.4, -0.2) is 4.57 Å². The molecule has 0 atom stereocenters. The topological polar surface area (TPSA) is 54.7 Å². The molecule has 0 saturated carbocycles. The predicted octanol–water partition coefficient (Wildman–Crippen LogP) is 2.18. The molecule has 1 aromatic heterocycles. The van der Waals surface area contributed by atoms with Crippen LogP contribution in [0.1, 0.15) is 22.4 Å². The maximum Gasteiger partial charge on any atom is 0.0991 e. The van der Waals surface area contributed by atoms with Gasteiger partial charge in [-0.25, -0.2) is 0 Å². The van der Waals surface area contributed by atoms with E-state index in [1.807, 2.05) is 43.5 Å². The van der Waals surface area contributed by atoms with E-state index in [9.17, 15) is 0 Å². The minimum atomic E-state index is 0.544. The summed E-state index contributed by atoms with van der Waals surface area (Å²) in [7, 11) is 0. The zero-order chi connectivity index (χ0) is 12.3. The lowest BCUT2D eigenvalue weighted by Gasteiger charge is -2.10. The Morgan fingerprint density at radius 1 is 1.35 bits per heavy atom. The van der Waals surface area contributed by atoms with Gasteiger partial charge < -0.3 is 10.3 Å². The molecule has 2 aromatic rings. The quantitative estimate of drug-likeness (QED) is 0.870. The average Bonchev–Trinajstić information content (AvgIpc) is 2.79. The Labute approximate surface area is 101 Å². The molecule has 0 unspecified atom stereocenters. The Hall–Kier alpha value is -2.05. The van der Waals surface area contributed by atoms with E-state index in [0.717, 1.165) is 17.8 Å². The standard InChI is InChI=1S/C14H15N3/c1-11-7-12(8-15)4-5-13(11)10-17-6-2-3-14(17)9-16/h2-7H,9-10,16H2,1H3. The number of nitrogens with zero attached hydrogens (tertiary/aromatic N) is 2. The first-order chi connectivity index (χ1) is 8.24. The number of aromatic nitrogens is 1. The fraction of sp³-hybridized carbons (Fsp3) is 0.214. The highest BCUT2D eigenvalue weighted by atomic mass is 15.0. The van der Waals surface area contributed by atoms with Crippen LogP contribution in [0.15, 0.2) is 36.5 Å². The van der Waals surface area contributed by atoms with E-state index in [-0.39, 0.29) is 0 Å². The smallest absolute Gasteiger partial charge is 0.0991 e. The zero-order valence-corrected chi connectivity index (χ0v) is 9.85. The van der Waals surface area contributed by atoms with E-state index < -0.39 is 0 Å². The normalized spacial score (nSPS) is 10.2. The number of nitrogens with two attached hydrogens (primary N) is 1. The maximum absolute atomic E-state index is 8.82. The van der Waals surface area contributed by atoms with Crippen LogP contribution in [-0.2, 0) is 13.1 Å². The molecule has 0 aliphatic carbocycles. The molecular formula is C14H15N3. The van der Waals surface area contributed by atoms with Gasteiger partial charge in [-0.3, -0.25) is 0 Å². The molecule has 0 saturated heterocycles. The molecule has 0 fully saturated rings. The van der Waals surface area contributed by atoms with Gasteiger partial charge >= 0.3 is 0 Å². The van der Waals surface area contributed by atoms with Gasteiger partial charge in [-0.15, -0.1) is 0 Å². The third-order valence-corrected chi connectivity index (χ3v) is 2.95. The monoisotopic (exact) mass is 225 g/mol. The Morgan fingerprint density at radius 3 is 2.82 bits per heavy atom. The van der Waals surface area contributed by atoms with Crippen molar-refractivity contribution in [2.75, 3.05) is 0 Å². The summed E-state index contributed by atoms with van der Waals surface area (Å²) in [5.41, 5.74) is 9.85. The summed E-state index contributed by atoms with van der Waals surface area (Å²) < 4.78 is 2.13. The summed E-state index contributed by atoms with van der Waals surface area (Å²) in [6, 6.07) is 12.0. The van der Waals surface area contributed by atoms with E-state index in [2.05, 4.69) is 10.6 Å². The Morgan fingerprint density at radius 2 is 2.18 bits per heavy atom. The van der Waals surface area contributed by atoms with Crippen molar-refractivity contribution in [3.05, 3.63) is 58.9 Å². The van der Waals surface area contributed by atoms with Gasteiger partial charge in [-0.05, 0) is 42.3 Å². The van der Waals surface area contributed by atoms with Crippen LogP contribution >= 0.6 is 0 Å². The summed E-state index contributed by atoms with van der Waals surface area (Å²) in [4.78, 5) is 0. The lowest BCUT2D eigenvalue weighted by molar-refractivity contribution is 0.740.